The van der Waals surface area contributed by atoms with Crippen LogP contribution in [0.15, 0.2) is 0 Å². The third-order valence-corrected chi connectivity index (χ3v) is 1.81. The molecule has 0 fully saturated rings. The summed E-state index contributed by atoms with van der Waals surface area (Å²) in [6, 6.07) is 0. The fraction of sp³-hybridized carbons (Fsp3) is 1.00. The Bertz CT molecular complexity index is 91.7. The molecule has 0 aromatic carbocycles. The van der Waals surface area contributed by atoms with E-state index < -0.39 is 0 Å². The van der Waals surface area contributed by atoms with Crippen LogP contribution in [-0.2, 0) is 4.74 Å². The van der Waals surface area contributed by atoms with Gasteiger partial charge in [0.15, 0.2) is 0 Å². The van der Waals surface area contributed by atoms with E-state index in [1.54, 1.807) is 0 Å². The van der Waals surface area contributed by atoms with Gasteiger partial charge in [-0.05, 0) is 24.7 Å². The Morgan fingerprint density at radius 1 is 1.00 bits per heavy atom. The van der Waals surface area contributed by atoms with Crippen molar-refractivity contribution in [3.8, 4) is 0 Å². The molecule has 0 rings (SSSR count). The molecule has 0 amide bonds. The standard InChI is InChI=1S/C11H24O/c1-5-9-12-10-7-6-8-11(2,3)4/h5-10H2,1-4H3. The molecule has 0 unspecified atom stereocenters. The van der Waals surface area contributed by atoms with Crippen molar-refractivity contribution in [2.24, 2.45) is 5.41 Å². The van der Waals surface area contributed by atoms with Crippen molar-refractivity contribution in [2.75, 3.05) is 13.2 Å². The van der Waals surface area contributed by atoms with Gasteiger partial charge in [0.2, 0.25) is 0 Å². The molecule has 0 spiro atoms. The Labute approximate surface area is 77.5 Å². The summed E-state index contributed by atoms with van der Waals surface area (Å²) in [5.74, 6) is 0. The third-order valence-electron chi connectivity index (χ3n) is 1.81. The van der Waals surface area contributed by atoms with Gasteiger partial charge in [-0.25, -0.2) is 0 Å². The van der Waals surface area contributed by atoms with Crippen LogP contribution in [0.2, 0.25) is 0 Å². The summed E-state index contributed by atoms with van der Waals surface area (Å²) in [7, 11) is 0. The lowest BCUT2D eigenvalue weighted by atomic mass is 9.90. The summed E-state index contributed by atoms with van der Waals surface area (Å²) >= 11 is 0. The predicted molar refractivity (Wildman–Crippen MR) is 54.4 cm³/mol. The summed E-state index contributed by atoms with van der Waals surface area (Å²) in [6.07, 6.45) is 4.96. The minimum absolute atomic E-state index is 0.491. The van der Waals surface area contributed by atoms with Crippen molar-refractivity contribution in [2.45, 2.75) is 53.4 Å². The molecule has 0 aromatic rings. The second-order valence-electron chi connectivity index (χ2n) is 4.63. The summed E-state index contributed by atoms with van der Waals surface area (Å²) in [6.45, 7) is 10.9. The first-order chi connectivity index (χ1) is 5.56. The highest BCUT2D eigenvalue weighted by Gasteiger charge is 2.08. The Balaban J connectivity index is 3.01. The maximum atomic E-state index is 5.40. The quantitative estimate of drug-likeness (QED) is 0.556. The fourth-order valence-electron chi connectivity index (χ4n) is 1.11. The molecule has 0 N–H and O–H groups in total. The molecule has 1 heteroatoms. The molecule has 0 bridgehead atoms. The Morgan fingerprint density at radius 2 is 1.67 bits per heavy atom. The maximum Gasteiger partial charge on any atom is 0.0466 e. The molecule has 74 valence electrons. The zero-order valence-electron chi connectivity index (χ0n) is 9.15. The second kappa shape index (κ2) is 6.47. The van der Waals surface area contributed by atoms with E-state index in [1.165, 1.54) is 19.3 Å². The van der Waals surface area contributed by atoms with Crippen LogP contribution in [0.25, 0.3) is 0 Å². The molecular formula is C11H24O. The van der Waals surface area contributed by atoms with Crippen LogP contribution in [0.5, 0.6) is 0 Å². The van der Waals surface area contributed by atoms with Crippen LogP contribution in [0, 0.1) is 5.41 Å². The minimum Gasteiger partial charge on any atom is -0.381 e. The highest BCUT2D eigenvalue weighted by Crippen LogP contribution is 2.21. The minimum atomic E-state index is 0.491. The second-order valence-corrected chi connectivity index (χ2v) is 4.63. The Kier molecular flexibility index (Phi) is 6.45. The van der Waals surface area contributed by atoms with Gasteiger partial charge in [-0.3, -0.25) is 0 Å². The molecule has 0 aliphatic carbocycles. The van der Waals surface area contributed by atoms with Gasteiger partial charge < -0.3 is 4.74 Å². The molecule has 12 heavy (non-hydrogen) atoms. The molecule has 0 aliphatic heterocycles. The van der Waals surface area contributed by atoms with Crippen molar-refractivity contribution < 1.29 is 4.74 Å². The van der Waals surface area contributed by atoms with Gasteiger partial charge in [0.25, 0.3) is 0 Å². The van der Waals surface area contributed by atoms with Gasteiger partial charge in [0, 0.05) is 13.2 Å². The topological polar surface area (TPSA) is 9.23 Å². The van der Waals surface area contributed by atoms with Gasteiger partial charge >= 0.3 is 0 Å². The Morgan fingerprint density at radius 3 is 2.17 bits per heavy atom. The van der Waals surface area contributed by atoms with Crippen LogP contribution >= 0.6 is 0 Å². The van der Waals surface area contributed by atoms with Crippen LogP contribution in [0.4, 0.5) is 0 Å². The number of rotatable bonds is 6. The first kappa shape index (κ1) is 12.0. The van der Waals surface area contributed by atoms with E-state index in [2.05, 4.69) is 27.7 Å². The summed E-state index contributed by atoms with van der Waals surface area (Å²) in [5.41, 5.74) is 0.491. The highest BCUT2D eigenvalue weighted by atomic mass is 16.5. The lowest BCUT2D eigenvalue weighted by molar-refractivity contribution is 0.128. The predicted octanol–water partition coefficient (Wildman–Crippen LogP) is 3.63. The van der Waals surface area contributed by atoms with Gasteiger partial charge in [0.05, 0.1) is 0 Å². The van der Waals surface area contributed by atoms with E-state index in [0.717, 1.165) is 19.6 Å². The lowest BCUT2D eigenvalue weighted by Crippen LogP contribution is -2.05. The molecule has 0 saturated carbocycles. The average molecular weight is 172 g/mol. The van der Waals surface area contributed by atoms with Crippen LogP contribution < -0.4 is 0 Å². The van der Waals surface area contributed by atoms with E-state index >= 15 is 0 Å². The molecule has 0 heterocycles. The van der Waals surface area contributed by atoms with E-state index in [0.29, 0.717) is 5.41 Å². The first-order valence-corrected chi connectivity index (χ1v) is 5.14. The number of ether oxygens (including phenoxy) is 1. The number of hydrogen-bond acceptors (Lipinski definition) is 1. The van der Waals surface area contributed by atoms with Gasteiger partial charge in [-0.15, -0.1) is 0 Å². The van der Waals surface area contributed by atoms with Crippen molar-refractivity contribution in [1.82, 2.24) is 0 Å². The molecular weight excluding hydrogens is 148 g/mol. The van der Waals surface area contributed by atoms with E-state index in [1.807, 2.05) is 0 Å². The molecule has 0 saturated heterocycles. The zero-order chi connectivity index (χ0) is 9.45. The van der Waals surface area contributed by atoms with Gasteiger partial charge in [-0.1, -0.05) is 34.1 Å². The van der Waals surface area contributed by atoms with Crippen molar-refractivity contribution >= 4 is 0 Å². The maximum absolute atomic E-state index is 5.40. The summed E-state index contributed by atoms with van der Waals surface area (Å²) < 4.78 is 5.40. The first-order valence-electron chi connectivity index (χ1n) is 5.14. The van der Waals surface area contributed by atoms with Crippen molar-refractivity contribution in [3.05, 3.63) is 0 Å². The molecule has 0 aliphatic rings. The lowest BCUT2D eigenvalue weighted by Gasteiger charge is -2.17. The zero-order valence-corrected chi connectivity index (χ0v) is 9.15. The van der Waals surface area contributed by atoms with E-state index in [-0.39, 0.29) is 0 Å². The highest BCUT2D eigenvalue weighted by molar-refractivity contribution is 4.60. The van der Waals surface area contributed by atoms with E-state index in [9.17, 15) is 0 Å². The van der Waals surface area contributed by atoms with Gasteiger partial charge in [0.1, 0.15) is 0 Å². The SMILES string of the molecule is CCCOCCCCC(C)(C)C. The average Bonchev–Trinajstić information content (AvgIpc) is 1.94. The summed E-state index contributed by atoms with van der Waals surface area (Å²) in [5, 5.41) is 0. The van der Waals surface area contributed by atoms with Crippen LogP contribution in [0.1, 0.15) is 53.4 Å². The normalized spacial score (nSPS) is 12.0. The molecule has 1 nitrogen and oxygen atoms in total. The smallest absolute Gasteiger partial charge is 0.0466 e. The molecule has 0 atom stereocenters. The summed E-state index contributed by atoms with van der Waals surface area (Å²) in [4.78, 5) is 0. The largest absolute Gasteiger partial charge is 0.381 e. The van der Waals surface area contributed by atoms with Gasteiger partial charge in [-0.2, -0.15) is 0 Å². The monoisotopic (exact) mass is 172 g/mol. The Hall–Kier alpha value is -0.0400. The molecule has 0 aromatic heterocycles. The number of unbranched alkanes of at least 4 members (excludes halogenated alkanes) is 1. The third kappa shape index (κ3) is 9.96. The number of hydrogen-bond donors (Lipinski definition) is 0. The fourth-order valence-corrected chi connectivity index (χ4v) is 1.11. The van der Waals surface area contributed by atoms with Crippen LogP contribution in [-0.4, -0.2) is 13.2 Å². The van der Waals surface area contributed by atoms with E-state index in [4.69, 9.17) is 4.74 Å². The molecule has 0 radical (unpaired) electrons. The van der Waals surface area contributed by atoms with Crippen molar-refractivity contribution in [3.63, 3.8) is 0 Å². The van der Waals surface area contributed by atoms with Crippen molar-refractivity contribution in [1.29, 1.82) is 0 Å². The van der Waals surface area contributed by atoms with Crippen LogP contribution in [0.3, 0.4) is 0 Å².